The van der Waals surface area contributed by atoms with E-state index in [1.54, 1.807) is 25.2 Å². The van der Waals surface area contributed by atoms with E-state index >= 15 is 4.39 Å². The minimum atomic E-state index is -4.61. The molecule has 1 aromatic heterocycles. The quantitative estimate of drug-likeness (QED) is 0.0588. The smallest absolute Gasteiger partial charge is 0.425 e. The first-order valence-electron chi connectivity index (χ1n) is 18.5. The standard InChI is InChI=1S/C39H41F3N5O12PS/c1-26(61-31-20-54-37(55-21-31)5-3-2-4-29-7-6-28(18-43)16-33(29)41)39(22-47-24-44-23-45-47,32-9-8-30(40)17-34(32)42)59-38(50)57-25-56-36(49)11-10-35(48)46-14-12-27(13-15-46)19-58-60(51,52)53/h2-11,16-17,23-24,26-27,31,37H,12-15,19-22,25H2,1H3,(H2,51,52,53)/b4-2+,5-3+,11-10+/t26-,31?,37?,39-/m1/s1. The zero-order valence-electron chi connectivity index (χ0n) is 32.5. The van der Waals surface area contributed by atoms with Crippen LogP contribution in [0.4, 0.5) is 18.0 Å². The van der Waals surface area contributed by atoms with Gasteiger partial charge >= 0.3 is 19.9 Å². The summed E-state index contributed by atoms with van der Waals surface area (Å²) in [5.74, 6) is -4.22. The first kappa shape index (κ1) is 46.7. The Hall–Kier alpha value is -5.33. The molecule has 0 spiro atoms. The molecule has 1 amide bonds. The van der Waals surface area contributed by atoms with Crippen LogP contribution in [0.1, 0.15) is 36.5 Å². The van der Waals surface area contributed by atoms with Gasteiger partial charge in [-0.25, -0.2) is 37.0 Å². The Morgan fingerprint density at radius 2 is 1.82 bits per heavy atom. The van der Waals surface area contributed by atoms with Gasteiger partial charge in [0.2, 0.25) is 12.7 Å². The molecule has 0 unspecified atom stereocenters. The number of phosphoric ester groups is 1. The van der Waals surface area contributed by atoms with Gasteiger partial charge in [-0.3, -0.25) is 9.32 Å². The van der Waals surface area contributed by atoms with Crippen LogP contribution in [0.5, 0.6) is 0 Å². The average molecular weight is 892 g/mol. The van der Waals surface area contributed by atoms with Gasteiger partial charge in [0.25, 0.3) is 0 Å². The molecule has 0 bridgehead atoms. The maximum atomic E-state index is 15.7. The summed E-state index contributed by atoms with van der Waals surface area (Å²) in [6.07, 6.45) is 9.28. The number of benzene rings is 2. The monoisotopic (exact) mass is 891 g/mol. The lowest BCUT2D eigenvalue weighted by Crippen LogP contribution is -2.47. The van der Waals surface area contributed by atoms with Crippen LogP contribution < -0.4 is 0 Å². The molecular formula is C39H41F3N5O12PS. The van der Waals surface area contributed by atoms with Crippen LogP contribution >= 0.6 is 19.6 Å². The molecule has 0 aliphatic carbocycles. The summed E-state index contributed by atoms with van der Waals surface area (Å²) in [4.78, 5) is 61.4. The van der Waals surface area contributed by atoms with Crippen LogP contribution in [0, 0.1) is 34.7 Å². The molecule has 2 aromatic carbocycles. The molecule has 2 N–H and O–H groups in total. The predicted molar refractivity (Wildman–Crippen MR) is 209 cm³/mol. The van der Waals surface area contributed by atoms with E-state index in [1.165, 1.54) is 52.2 Å². The highest BCUT2D eigenvalue weighted by atomic mass is 32.2. The normalized spacial score (nSPS) is 19.1. The number of halogens is 3. The van der Waals surface area contributed by atoms with E-state index in [4.69, 9.17) is 38.7 Å². The van der Waals surface area contributed by atoms with Crippen molar-refractivity contribution >= 4 is 43.7 Å². The first-order chi connectivity index (χ1) is 29.1. The van der Waals surface area contributed by atoms with Crippen molar-refractivity contribution in [3.63, 3.8) is 0 Å². The molecule has 2 saturated heterocycles. The highest BCUT2D eigenvalue weighted by molar-refractivity contribution is 8.00. The summed E-state index contributed by atoms with van der Waals surface area (Å²) in [5, 5.41) is 11.8. The lowest BCUT2D eigenvalue weighted by atomic mass is 9.89. The molecule has 0 radical (unpaired) electrons. The third-order valence-electron chi connectivity index (χ3n) is 9.39. The number of likely N-dealkylation sites (tertiary alicyclic amines) is 1. The summed E-state index contributed by atoms with van der Waals surface area (Å²) >= 11 is 1.21. The Morgan fingerprint density at radius 1 is 1.07 bits per heavy atom. The van der Waals surface area contributed by atoms with Crippen LogP contribution in [-0.4, -0.2) is 104 Å². The molecule has 2 atom stereocenters. The van der Waals surface area contributed by atoms with Gasteiger partial charge in [0.15, 0.2) is 11.9 Å². The molecule has 5 rings (SSSR count). The lowest BCUT2D eigenvalue weighted by Gasteiger charge is -2.40. The number of thioether (sulfide) groups is 1. The van der Waals surface area contributed by atoms with E-state index in [9.17, 15) is 27.7 Å². The molecule has 0 saturated carbocycles. The van der Waals surface area contributed by atoms with Gasteiger partial charge in [-0.2, -0.15) is 10.4 Å². The number of piperidine rings is 1. The fourth-order valence-corrected chi connectivity index (χ4v) is 8.02. The maximum absolute atomic E-state index is 15.7. The summed E-state index contributed by atoms with van der Waals surface area (Å²) in [5.41, 5.74) is -1.71. The van der Waals surface area contributed by atoms with Crippen LogP contribution in [-0.2, 0) is 54.5 Å². The number of rotatable bonds is 17. The van der Waals surface area contributed by atoms with Gasteiger partial charge in [-0.1, -0.05) is 24.3 Å². The number of carbonyl (C=O) groups excluding carboxylic acids is 3. The summed E-state index contributed by atoms with van der Waals surface area (Å²) in [6, 6.07) is 8.73. The molecule has 2 aliphatic heterocycles. The average Bonchev–Trinajstić information content (AvgIpc) is 3.74. The maximum Gasteiger partial charge on any atom is 0.512 e. The Balaban J connectivity index is 1.19. The van der Waals surface area contributed by atoms with Crippen LogP contribution in [0.3, 0.4) is 0 Å². The van der Waals surface area contributed by atoms with Gasteiger partial charge < -0.3 is 38.4 Å². The van der Waals surface area contributed by atoms with Gasteiger partial charge in [0.1, 0.15) is 30.1 Å². The second kappa shape index (κ2) is 22.0. The minimum absolute atomic E-state index is 0.131. The second-order valence-corrected chi connectivity index (χ2v) is 16.5. The number of allylic oxidation sites excluding steroid dienone is 2. The van der Waals surface area contributed by atoms with Crippen molar-refractivity contribution in [2.45, 2.75) is 48.7 Å². The summed E-state index contributed by atoms with van der Waals surface area (Å²) < 4.78 is 88.4. The predicted octanol–water partition coefficient (Wildman–Crippen LogP) is 5.15. The highest BCUT2D eigenvalue weighted by Crippen LogP contribution is 2.42. The van der Waals surface area contributed by atoms with Gasteiger partial charge in [-0.05, 0) is 56.0 Å². The molecular weight excluding hydrogens is 850 g/mol. The number of ether oxygens (including phenoxy) is 5. The largest absolute Gasteiger partial charge is 0.512 e. The lowest BCUT2D eigenvalue weighted by molar-refractivity contribution is -0.149. The van der Waals surface area contributed by atoms with Gasteiger partial charge in [0.05, 0.1) is 43.2 Å². The Morgan fingerprint density at radius 3 is 2.48 bits per heavy atom. The number of hydrogen-bond donors (Lipinski definition) is 2. The number of nitriles is 1. The van der Waals surface area contributed by atoms with E-state index < -0.39 is 72.5 Å². The number of nitrogens with zero attached hydrogens (tertiary/aromatic N) is 5. The van der Waals surface area contributed by atoms with Crippen molar-refractivity contribution in [2.24, 2.45) is 5.92 Å². The number of amides is 1. The van der Waals surface area contributed by atoms with Gasteiger partial charge in [0, 0.05) is 47.7 Å². The first-order valence-corrected chi connectivity index (χ1v) is 21.0. The molecule has 22 heteroatoms. The SMILES string of the molecule is C[C@@H](SC1COC(/C=C/C=C/c2ccc(C#N)cc2F)OC1)[C@@](Cn1cncn1)(OC(=O)OCOC(=O)/C=C/C(=O)N1CCC(COP(=O)(O)O)CC1)c1ccc(F)cc1F. The molecule has 2 fully saturated rings. The molecule has 3 aromatic rings. The van der Waals surface area contributed by atoms with E-state index in [-0.39, 0.29) is 62.1 Å². The number of phosphoric acid groups is 1. The van der Waals surface area contributed by atoms with Crippen molar-refractivity contribution in [3.8, 4) is 6.07 Å². The third-order valence-corrected chi connectivity index (χ3v) is 11.3. The Labute approximate surface area is 351 Å². The zero-order chi connectivity index (χ0) is 44.0. The van der Waals surface area contributed by atoms with E-state index in [0.29, 0.717) is 18.9 Å². The summed E-state index contributed by atoms with van der Waals surface area (Å²) in [6.45, 7) is 0.957. The van der Waals surface area contributed by atoms with Crippen LogP contribution in [0.15, 0.2) is 79.4 Å². The van der Waals surface area contributed by atoms with E-state index in [1.807, 2.05) is 6.07 Å². The fraction of sp³-hybridized carbons (Fsp3) is 0.385. The van der Waals surface area contributed by atoms with E-state index in [0.717, 1.165) is 30.4 Å². The molecule has 61 heavy (non-hydrogen) atoms. The van der Waals surface area contributed by atoms with E-state index in [2.05, 4.69) is 14.6 Å². The van der Waals surface area contributed by atoms with Crippen LogP contribution in [0.2, 0.25) is 0 Å². The van der Waals surface area contributed by atoms with Crippen molar-refractivity contribution in [1.82, 2.24) is 19.7 Å². The van der Waals surface area contributed by atoms with Crippen molar-refractivity contribution in [1.29, 1.82) is 5.26 Å². The Bertz CT molecular complexity index is 2170. The number of hydrogen-bond acceptors (Lipinski definition) is 14. The number of carbonyl (C=O) groups is 3. The van der Waals surface area contributed by atoms with Crippen LogP contribution in [0.25, 0.3) is 6.08 Å². The van der Waals surface area contributed by atoms with Gasteiger partial charge in [-0.15, -0.1) is 11.8 Å². The topological polar surface area (TPSA) is 222 Å². The third kappa shape index (κ3) is 14.1. The zero-order valence-corrected chi connectivity index (χ0v) is 34.2. The van der Waals surface area contributed by atoms with Crippen molar-refractivity contribution in [2.75, 3.05) is 39.7 Å². The number of aromatic nitrogens is 3. The Kier molecular flexibility index (Phi) is 16.8. The highest BCUT2D eigenvalue weighted by Gasteiger charge is 2.47. The molecule has 3 heterocycles. The molecule has 17 nitrogen and oxygen atoms in total. The fourth-order valence-electron chi connectivity index (χ4n) is 6.25. The second-order valence-electron chi connectivity index (χ2n) is 13.6. The van der Waals surface area contributed by atoms with Crippen molar-refractivity contribution < 1.29 is 70.1 Å². The number of esters is 1. The molecule has 326 valence electrons. The van der Waals surface area contributed by atoms with Crippen molar-refractivity contribution in [3.05, 3.63) is 114 Å². The minimum Gasteiger partial charge on any atom is -0.425 e. The summed E-state index contributed by atoms with van der Waals surface area (Å²) in [7, 11) is -4.61. The molecule has 2 aliphatic rings.